The highest BCUT2D eigenvalue weighted by molar-refractivity contribution is 5.89. The zero-order valence-electron chi connectivity index (χ0n) is 13.4. The molecule has 0 bridgehead atoms. The van der Waals surface area contributed by atoms with Crippen LogP contribution in [-0.2, 0) is 14.4 Å². The minimum Gasteiger partial charge on any atom is -0.480 e. The molecule has 6 nitrogen and oxygen atoms in total. The maximum Gasteiger partial charge on any atom is 0.326 e. The van der Waals surface area contributed by atoms with Crippen LogP contribution in [-0.4, -0.2) is 35.0 Å². The van der Waals surface area contributed by atoms with Gasteiger partial charge in [0.25, 0.3) is 0 Å². The van der Waals surface area contributed by atoms with Crippen molar-refractivity contribution in [1.29, 1.82) is 0 Å². The van der Waals surface area contributed by atoms with Crippen LogP contribution < -0.4 is 10.6 Å². The van der Waals surface area contributed by atoms with Gasteiger partial charge in [-0.15, -0.1) is 0 Å². The second-order valence-corrected chi connectivity index (χ2v) is 5.77. The third-order valence-electron chi connectivity index (χ3n) is 3.19. The summed E-state index contributed by atoms with van der Waals surface area (Å²) in [4.78, 5) is 34.5. The van der Waals surface area contributed by atoms with Gasteiger partial charge in [0, 0.05) is 6.92 Å². The van der Waals surface area contributed by atoms with E-state index < -0.39 is 24.0 Å². The predicted molar refractivity (Wildman–Crippen MR) is 80.8 cm³/mol. The highest BCUT2D eigenvalue weighted by Crippen LogP contribution is 2.08. The van der Waals surface area contributed by atoms with Crippen molar-refractivity contribution in [2.45, 2.75) is 71.9 Å². The largest absolute Gasteiger partial charge is 0.480 e. The predicted octanol–water partition coefficient (Wildman–Crippen LogP) is 1.69. The average Bonchev–Trinajstić information content (AvgIpc) is 2.38. The first-order valence-corrected chi connectivity index (χ1v) is 7.58. The van der Waals surface area contributed by atoms with E-state index in [9.17, 15) is 14.4 Å². The number of rotatable bonds is 10. The van der Waals surface area contributed by atoms with Gasteiger partial charge in [0.1, 0.15) is 12.1 Å². The van der Waals surface area contributed by atoms with Crippen molar-refractivity contribution >= 4 is 17.8 Å². The highest BCUT2D eigenvalue weighted by Gasteiger charge is 2.25. The summed E-state index contributed by atoms with van der Waals surface area (Å²) in [7, 11) is 0. The van der Waals surface area contributed by atoms with Crippen molar-refractivity contribution in [1.82, 2.24) is 10.6 Å². The van der Waals surface area contributed by atoms with Crippen LogP contribution in [0.15, 0.2) is 0 Å². The van der Waals surface area contributed by atoms with Gasteiger partial charge < -0.3 is 15.7 Å². The molecule has 0 saturated carbocycles. The molecule has 0 unspecified atom stereocenters. The van der Waals surface area contributed by atoms with Crippen LogP contribution in [0.25, 0.3) is 0 Å². The SMILES string of the molecule is CCCC[C@H](NC(=O)[C@H](CCC(C)C)NC(C)=O)C(=O)O. The number of aliphatic carboxylic acids is 1. The van der Waals surface area contributed by atoms with Gasteiger partial charge in [-0.25, -0.2) is 4.79 Å². The average molecular weight is 300 g/mol. The lowest BCUT2D eigenvalue weighted by Crippen LogP contribution is -2.51. The molecule has 2 amide bonds. The van der Waals surface area contributed by atoms with E-state index in [1.807, 2.05) is 20.8 Å². The summed E-state index contributed by atoms with van der Waals surface area (Å²) in [5, 5.41) is 14.2. The van der Waals surface area contributed by atoms with E-state index in [1.165, 1.54) is 6.92 Å². The van der Waals surface area contributed by atoms with Gasteiger partial charge in [-0.1, -0.05) is 33.6 Å². The fourth-order valence-electron chi connectivity index (χ4n) is 1.95. The van der Waals surface area contributed by atoms with E-state index in [1.54, 1.807) is 0 Å². The Balaban J connectivity index is 4.67. The zero-order valence-corrected chi connectivity index (χ0v) is 13.4. The molecule has 2 atom stereocenters. The van der Waals surface area contributed by atoms with E-state index >= 15 is 0 Å². The smallest absolute Gasteiger partial charge is 0.326 e. The van der Waals surface area contributed by atoms with Crippen molar-refractivity contribution in [3.8, 4) is 0 Å². The zero-order chi connectivity index (χ0) is 16.4. The maximum absolute atomic E-state index is 12.2. The van der Waals surface area contributed by atoms with E-state index in [4.69, 9.17) is 5.11 Å². The molecule has 122 valence electrons. The summed E-state index contributed by atoms with van der Waals surface area (Å²) in [6.07, 6.45) is 3.28. The number of carboxylic acids is 1. The summed E-state index contributed by atoms with van der Waals surface area (Å²) in [6, 6.07) is -1.57. The Morgan fingerprint density at radius 2 is 1.62 bits per heavy atom. The van der Waals surface area contributed by atoms with Crippen LogP contribution in [0.2, 0.25) is 0 Å². The van der Waals surface area contributed by atoms with Gasteiger partial charge in [-0.2, -0.15) is 0 Å². The first-order chi connectivity index (χ1) is 9.77. The van der Waals surface area contributed by atoms with Crippen LogP contribution in [0.4, 0.5) is 0 Å². The van der Waals surface area contributed by atoms with Crippen molar-refractivity contribution in [3.05, 3.63) is 0 Å². The molecule has 0 fully saturated rings. The third kappa shape index (κ3) is 9.05. The Kier molecular flexibility index (Phi) is 9.41. The van der Waals surface area contributed by atoms with Crippen LogP contribution in [0.3, 0.4) is 0 Å². The molecule has 3 N–H and O–H groups in total. The molecule has 21 heavy (non-hydrogen) atoms. The molecule has 0 rings (SSSR count). The summed E-state index contributed by atoms with van der Waals surface area (Å²) >= 11 is 0. The Morgan fingerprint density at radius 1 is 1.00 bits per heavy atom. The normalized spacial score (nSPS) is 13.6. The van der Waals surface area contributed by atoms with E-state index in [0.717, 1.165) is 19.3 Å². The lowest BCUT2D eigenvalue weighted by Gasteiger charge is -2.21. The Labute approximate surface area is 126 Å². The molecule has 0 aromatic heterocycles. The first kappa shape index (κ1) is 19.4. The number of amides is 2. The summed E-state index contributed by atoms with van der Waals surface area (Å²) in [6.45, 7) is 7.37. The molecule has 0 aliphatic carbocycles. The number of nitrogens with one attached hydrogen (secondary N) is 2. The fourth-order valence-corrected chi connectivity index (χ4v) is 1.95. The molecule has 0 heterocycles. The molecule has 0 aliphatic heterocycles. The minimum atomic E-state index is -1.04. The standard InChI is InChI=1S/C15H28N2O4/c1-5-6-7-13(15(20)21)17-14(19)12(16-11(4)18)9-8-10(2)3/h10,12-13H,5-9H2,1-4H3,(H,16,18)(H,17,19)(H,20,21)/t12-,13-/m0/s1. The fraction of sp³-hybridized carbons (Fsp3) is 0.800. The lowest BCUT2D eigenvalue weighted by atomic mass is 10.0. The van der Waals surface area contributed by atoms with Crippen molar-refractivity contribution in [3.63, 3.8) is 0 Å². The number of carbonyl (C=O) groups is 3. The molecule has 6 heteroatoms. The second-order valence-electron chi connectivity index (χ2n) is 5.77. The van der Waals surface area contributed by atoms with Crippen molar-refractivity contribution in [2.24, 2.45) is 5.92 Å². The molecular weight excluding hydrogens is 272 g/mol. The number of unbranched alkanes of at least 4 members (excludes halogenated alkanes) is 1. The van der Waals surface area contributed by atoms with Crippen LogP contribution in [0, 0.1) is 5.92 Å². The topological polar surface area (TPSA) is 95.5 Å². The molecule has 0 saturated heterocycles. The molecular formula is C15H28N2O4. The highest BCUT2D eigenvalue weighted by atomic mass is 16.4. The van der Waals surface area contributed by atoms with Crippen LogP contribution >= 0.6 is 0 Å². The van der Waals surface area contributed by atoms with Gasteiger partial charge >= 0.3 is 5.97 Å². The lowest BCUT2D eigenvalue weighted by molar-refractivity contribution is -0.142. The molecule has 0 spiro atoms. The van der Waals surface area contributed by atoms with E-state index in [-0.39, 0.29) is 5.91 Å². The Morgan fingerprint density at radius 3 is 2.05 bits per heavy atom. The number of carbonyl (C=O) groups excluding carboxylic acids is 2. The first-order valence-electron chi connectivity index (χ1n) is 7.58. The van der Waals surface area contributed by atoms with E-state index in [2.05, 4.69) is 10.6 Å². The van der Waals surface area contributed by atoms with Gasteiger partial charge in [-0.3, -0.25) is 9.59 Å². The van der Waals surface area contributed by atoms with E-state index in [0.29, 0.717) is 18.8 Å². The van der Waals surface area contributed by atoms with Gasteiger partial charge in [0.05, 0.1) is 0 Å². The number of hydrogen-bond donors (Lipinski definition) is 3. The van der Waals surface area contributed by atoms with Gasteiger partial charge in [-0.05, 0) is 25.2 Å². The third-order valence-corrected chi connectivity index (χ3v) is 3.19. The monoisotopic (exact) mass is 300 g/mol. The second kappa shape index (κ2) is 10.2. The molecule has 0 radical (unpaired) electrons. The molecule has 0 aliphatic rings. The Bertz CT molecular complexity index is 356. The van der Waals surface area contributed by atoms with Crippen LogP contribution in [0.1, 0.15) is 59.8 Å². The van der Waals surface area contributed by atoms with Crippen molar-refractivity contribution in [2.75, 3.05) is 0 Å². The number of carboxylic acid groups (broad SMARTS) is 1. The number of hydrogen-bond acceptors (Lipinski definition) is 3. The quantitative estimate of drug-likeness (QED) is 0.572. The van der Waals surface area contributed by atoms with Crippen molar-refractivity contribution < 1.29 is 19.5 Å². The van der Waals surface area contributed by atoms with Crippen LogP contribution in [0.5, 0.6) is 0 Å². The molecule has 0 aromatic carbocycles. The maximum atomic E-state index is 12.2. The Hall–Kier alpha value is -1.59. The van der Waals surface area contributed by atoms with Gasteiger partial charge in [0.2, 0.25) is 11.8 Å². The summed E-state index contributed by atoms with van der Waals surface area (Å²) in [5.74, 6) is -1.35. The minimum absolute atomic E-state index is 0.292. The molecule has 0 aromatic rings. The summed E-state index contributed by atoms with van der Waals surface area (Å²) < 4.78 is 0. The summed E-state index contributed by atoms with van der Waals surface area (Å²) in [5.41, 5.74) is 0. The van der Waals surface area contributed by atoms with Gasteiger partial charge in [0.15, 0.2) is 0 Å².